The molecule has 1 aliphatic rings. The fourth-order valence-electron chi connectivity index (χ4n) is 2.02. The Labute approximate surface area is 125 Å². The average Bonchev–Trinajstić information content (AvgIpc) is 2.65. The van der Waals surface area contributed by atoms with Crippen LogP contribution in [0, 0.1) is 0 Å². The number of ether oxygens (including phenoxy) is 1. The van der Waals surface area contributed by atoms with E-state index in [1.54, 1.807) is 20.0 Å². The van der Waals surface area contributed by atoms with E-state index >= 15 is 0 Å². The van der Waals surface area contributed by atoms with Crippen LogP contribution in [0.1, 0.15) is 12.5 Å². The number of hydrogen-bond acceptors (Lipinski definition) is 3. The number of rotatable bonds is 2. The second-order valence-corrected chi connectivity index (χ2v) is 5.34. The lowest BCUT2D eigenvalue weighted by atomic mass is 10.0. The third-order valence-electron chi connectivity index (χ3n) is 3.24. The molecule has 0 radical (unpaired) electrons. The summed E-state index contributed by atoms with van der Waals surface area (Å²) < 4.78 is 5.72. The van der Waals surface area contributed by atoms with E-state index in [0.29, 0.717) is 16.8 Å². The number of carbonyl (C=O) groups excluding carboxylic acids is 2. The predicted octanol–water partition coefficient (Wildman–Crippen LogP) is 2.75. The van der Waals surface area contributed by atoms with Gasteiger partial charge in [-0.1, -0.05) is 28.1 Å². The monoisotopic (exact) mass is 335 g/mol. The zero-order chi connectivity index (χ0) is 14.9. The van der Waals surface area contributed by atoms with Crippen molar-refractivity contribution in [3.8, 4) is 0 Å². The Morgan fingerprint density at radius 1 is 1.30 bits per heavy atom. The Morgan fingerprint density at radius 3 is 2.45 bits per heavy atom. The molecule has 5 heteroatoms. The highest BCUT2D eigenvalue weighted by Gasteiger charge is 2.34. The van der Waals surface area contributed by atoms with E-state index in [-0.39, 0.29) is 5.91 Å². The van der Waals surface area contributed by atoms with Gasteiger partial charge in [0.05, 0.1) is 18.3 Å². The predicted molar refractivity (Wildman–Crippen MR) is 79.6 cm³/mol. The molecule has 0 N–H and O–H groups in total. The Hall–Kier alpha value is -1.88. The number of methoxy groups -OCH3 is 1. The minimum Gasteiger partial charge on any atom is -0.465 e. The van der Waals surface area contributed by atoms with Crippen molar-refractivity contribution in [3.05, 3.63) is 51.1 Å². The number of allylic oxidation sites excluding steroid dienone is 1. The minimum atomic E-state index is -0.497. The number of esters is 1. The molecule has 0 spiro atoms. The smallest absolute Gasteiger partial charge is 0.340 e. The zero-order valence-corrected chi connectivity index (χ0v) is 13.0. The van der Waals surface area contributed by atoms with Crippen molar-refractivity contribution in [1.29, 1.82) is 0 Å². The third-order valence-corrected chi connectivity index (χ3v) is 3.77. The molecule has 1 amide bonds. The van der Waals surface area contributed by atoms with Gasteiger partial charge < -0.3 is 9.64 Å². The zero-order valence-electron chi connectivity index (χ0n) is 11.4. The Kier molecular flexibility index (Phi) is 4.09. The first-order valence-electron chi connectivity index (χ1n) is 6.00. The molecule has 0 aliphatic carbocycles. The molecule has 0 bridgehead atoms. The Morgan fingerprint density at radius 2 is 1.90 bits per heavy atom. The number of hydrogen-bond donors (Lipinski definition) is 0. The standard InChI is InChI=1S/C15H14BrNO3/c1-9-13(15(19)20-3)12(14(18)17(9)2)8-10-4-6-11(16)7-5-10/h4-8H,1-3H3. The van der Waals surface area contributed by atoms with E-state index < -0.39 is 5.97 Å². The van der Waals surface area contributed by atoms with E-state index in [9.17, 15) is 9.59 Å². The Bertz CT molecular complexity index is 629. The molecule has 0 unspecified atom stereocenters. The van der Waals surface area contributed by atoms with Crippen LogP contribution in [-0.2, 0) is 14.3 Å². The quantitative estimate of drug-likeness (QED) is 0.616. The van der Waals surface area contributed by atoms with E-state index in [2.05, 4.69) is 15.9 Å². The molecule has 0 aromatic heterocycles. The second-order valence-electron chi connectivity index (χ2n) is 4.43. The van der Waals surface area contributed by atoms with Gasteiger partial charge in [0.25, 0.3) is 5.91 Å². The van der Waals surface area contributed by atoms with Gasteiger partial charge >= 0.3 is 5.97 Å². The Balaban J connectivity index is 2.50. The van der Waals surface area contributed by atoms with Crippen molar-refractivity contribution < 1.29 is 14.3 Å². The molecular weight excluding hydrogens is 322 g/mol. The summed E-state index contributed by atoms with van der Waals surface area (Å²) in [5.74, 6) is -0.700. The second kappa shape index (κ2) is 5.63. The van der Waals surface area contributed by atoms with Crippen LogP contribution >= 0.6 is 15.9 Å². The van der Waals surface area contributed by atoms with Gasteiger partial charge in [0.2, 0.25) is 0 Å². The van der Waals surface area contributed by atoms with E-state index in [0.717, 1.165) is 10.0 Å². The molecule has 20 heavy (non-hydrogen) atoms. The summed E-state index contributed by atoms with van der Waals surface area (Å²) in [6.07, 6.45) is 1.70. The summed E-state index contributed by atoms with van der Waals surface area (Å²) in [7, 11) is 2.95. The topological polar surface area (TPSA) is 46.6 Å². The van der Waals surface area contributed by atoms with Crippen LogP contribution < -0.4 is 0 Å². The summed E-state index contributed by atoms with van der Waals surface area (Å²) in [5, 5.41) is 0. The molecule has 1 aromatic carbocycles. The van der Waals surface area contributed by atoms with Crippen LogP contribution in [0.3, 0.4) is 0 Å². The lowest BCUT2D eigenvalue weighted by molar-refractivity contribution is -0.136. The fourth-order valence-corrected chi connectivity index (χ4v) is 2.29. The number of carbonyl (C=O) groups is 2. The lowest BCUT2D eigenvalue weighted by Crippen LogP contribution is -2.19. The summed E-state index contributed by atoms with van der Waals surface area (Å²) >= 11 is 3.36. The van der Waals surface area contributed by atoms with Gasteiger partial charge in [-0.15, -0.1) is 0 Å². The molecule has 104 valence electrons. The highest BCUT2D eigenvalue weighted by atomic mass is 79.9. The normalized spacial score (nSPS) is 17.1. The van der Waals surface area contributed by atoms with Gasteiger partial charge in [-0.2, -0.15) is 0 Å². The average molecular weight is 336 g/mol. The molecule has 0 saturated heterocycles. The molecular formula is C15H14BrNO3. The van der Waals surface area contributed by atoms with E-state index in [1.165, 1.54) is 12.0 Å². The maximum Gasteiger partial charge on any atom is 0.340 e. The van der Waals surface area contributed by atoms with Gasteiger partial charge in [0.15, 0.2) is 0 Å². The largest absolute Gasteiger partial charge is 0.465 e. The van der Waals surface area contributed by atoms with Crippen LogP contribution in [0.2, 0.25) is 0 Å². The molecule has 0 saturated carbocycles. The van der Waals surface area contributed by atoms with Crippen molar-refractivity contribution in [3.63, 3.8) is 0 Å². The molecule has 0 atom stereocenters. The van der Waals surface area contributed by atoms with Gasteiger partial charge in [0.1, 0.15) is 0 Å². The number of amides is 1. The molecule has 1 heterocycles. The summed E-state index contributed by atoms with van der Waals surface area (Å²) in [6, 6.07) is 7.49. The highest BCUT2D eigenvalue weighted by molar-refractivity contribution is 9.10. The molecule has 4 nitrogen and oxygen atoms in total. The van der Waals surface area contributed by atoms with Gasteiger partial charge in [-0.3, -0.25) is 4.79 Å². The van der Waals surface area contributed by atoms with Crippen LogP contribution in [0.15, 0.2) is 45.6 Å². The van der Waals surface area contributed by atoms with Crippen molar-refractivity contribution >= 4 is 33.9 Å². The first-order chi connectivity index (χ1) is 9.45. The lowest BCUT2D eigenvalue weighted by Gasteiger charge is -2.08. The minimum absolute atomic E-state index is 0.203. The molecule has 1 aromatic rings. The highest BCUT2D eigenvalue weighted by Crippen LogP contribution is 2.30. The first-order valence-corrected chi connectivity index (χ1v) is 6.80. The van der Waals surface area contributed by atoms with Crippen molar-refractivity contribution in [2.45, 2.75) is 6.92 Å². The number of likely N-dealkylation sites (N-methyl/N-ethyl adjacent to an activating group) is 1. The van der Waals surface area contributed by atoms with Crippen molar-refractivity contribution in [2.24, 2.45) is 0 Å². The van der Waals surface area contributed by atoms with Gasteiger partial charge in [0, 0.05) is 17.2 Å². The van der Waals surface area contributed by atoms with E-state index in [1.807, 2.05) is 24.3 Å². The maximum atomic E-state index is 12.2. The SMILES string of the molecule is COC(=O)C1=C(C)N(C)C(=O)C1=Cc1ccc(Br)cc1. The van der Waals surface area contributed by atoms with Crippen LogP contribution in [0.25, 0.3) is 6.08 Å². The molecule has 0 fully saturated rings. The van der Waals surface area contributed by atoms with Crippen molar-refractivity contribution in [2.75, 3.05) is 14.2 Å². The summed E-state index contributed by atoms with van der Waals surface area (Å²) in [5.41, 5.74) is 2.13. The van der Waals surface area contributed by atoms with E-state index in [4.69, 9.17) is 4.74 Å². The van der Waals surface area contributed by atoms with Crippen LogP contribution in [0.4, 0.5) is 0 Å². The molecule has 2 rings (SSSR count). The van der Waals surface area contributed by atoms with Gasteiger partial charge in [-0.05, 0) is 30.7 Å². The van der Waals surface area contributed by atoms with Crippen molar-refractivity contribution in [1.82, 2.24) is 4.90 Å². The first kappa shape index (κ1) is 14.5. The number of nitrogens with zero attached hydrogens (tertiary/aromatic N) is 1. The number of benzene rings is 1. The third kappa shape index (κ3) is 2.54. The number of halogens is 1. The van der Waals surface area contributed by atoms with Gasteiger partial charge in [-0.25, -0.2) is 4.79 Å². The summed E-state index contributed by atoms with van der Waals surface area (Å²) in [4.78, 5) is 25.5. The maximum absolute atomic E-state index is 12.2. The summed E-state index contributed by atoms with van der Waals surface area (Å²) in [6.45, 7) is 1.73. The van der Waals surface area contributed by atoms with Crippen LogP contribution in [-0.4, -0.2) is 30.9 Å². The molecule has 1 aliphatic heterocycles. The van der Waals surface area contributed by atoms with Crippen LogP contribution in [0.5, 0.6) is 0 Å². The fraction of sp³-hybridized carbons (Fsp3) is 0.200.